The second-order valence-corrected chi connectivity index (χ2v) is 3.91. The zero-order valence-corrected chi connectivity index (χ0v) is 10.1. The van der Waals surface area contributed by atoms with E-state index in [9.17, 15) is 9.59 Å². The highest BCUT2D eigenvalue weighted by molar-refractivity contribution is 5.89. The summed E-state index contributed by atoms with van der Waals surface area (Å²) in [6.45, 7) is 0. The molecule has 19 heavy (non-hydrogen) atoms. The van der Waals surface area contributed by atoms with Crippen LogP contribution in [0.5, 0.6) is 0 Å². The average Bonchev–Trinajstić information content (AvgIpc) is 2.70. The molecule has 0 saturated heterocycles. The molecular weight excluding hydrogens is 248 g/mol. The maximum absolute atomic E-state index is 10.8. The van der Waals surface area contributed by atoms with E-state index < -0.39 is 12.0 Å². The van der Waals surface area contributed by atoms with E-state index in [1.807, 2.05) is 0 Å². The molecule has 1 heterocycles. The molecular formula is C12H12N4O3. The van der Waals surface area contributed by atoms with Crippen LogP contribution in [0.2, 0.25) is 0 Å². The number of anilines is 1. The zero-order chi connectivity index (χ0) is 14.0. The Labute approximate surface area is 108 Å². The number of aryl methyl sites for hydroxylation is 1. The van der Waals surface area contributed by atoms with E-state index in [0.717, 1.165) is 5.56 Å². The lowest BCUT2D eigenvalue weighted by Crippen LogP contribution is -2.20. The lowest BCUT2D eigenvalue weighted by atomic mass is 10.1. The van der Waals surface area contributed by atoms with E-state index in [2.05, 4.69) is 10.4 Å². The fourth-order valence-electron chi connectivity index (χ4n) is 1.64. The number of aromatic carboxylic acids is 1. The summed E-state index contributed by atoms with van der Waals surface area (Å²) >= 11 is 0. The zero-order valence-electron chi connectivity index (χ0n) is 10.1. The molecule has 0 unspecified atom stereocenters. The van der Waals surface area contributed by atoms with Crippen LogP contribution < -0.4 is 11.1 Å². The molecule has 7 nitrogen and oxygen atoms in total. The first kappa shape index (κ1) is 12.6. The minimum absolute atomic E-state index is 0.204. The topological polar surface area (TPSA) is 110 Å². The van der Waals surface area contributed by atoms with Crippen molar-refractivity contribution in [1.82, 2.24) is 9.78 Å². The number of nitrogens with two attached hydrogens (primary N) is 1. The Morgan fingerprint density at radius 3 is 2.47 bits per heavy atom. The number of nitrogens with zero attached hydrogens (tertiary/aromatic N) is 2. The van der Waals surface area contributed by atoms with Crippen LogP contribution in [0.25, 0.3) is 11.3 Å². The third-order valence-corrected chi connectivity index (χ3v) is 2.56. The summed E-state index contributed by atoms with van der Waals surface area (Å²) in [6, 6.07) is 7.28. The van der Waals surface area contributed by atoms with Gasteiger partial charge in [-0.3, -0.25) is 10.00 Å². The third kappa shape index (κ3) is 2.71. The van der Waals surface area contributed by atoms with Crippen LogP contribution in [0.4, 0.5) is 10.6 Å². The van der Waals surface area contributed by atoms with Gasteiger partial charge < -0.3 is 10.8 Å². The van der Waals surface area contributed by atoms with Crippen molar-refractivity contribution in [1.29, 1.82) is 0 Å². The van der Waals surface area contributed by atoms with Crippen LogP contribution in [0.1, 0.15) is 10.4 Å². The largest absolute Gasteiger partial charge is 0.478 e. The van der Waals surface area contributed by atoms with Crippen LogP contribution in [0, 0.1) is 0 Å². The Balaban J connectivity index is 2.31. The quantitative estimate of drug-likeness (QED) is 0.771. The van der Waals surface area contributed by atoms with Gasteiger partial charge in [0.1, 0.15) is 5.82 Å². The van der Waals surface area contributed by atoms with Gasteiger partial charge >= 0.3 is 12.0 Å². The van der Waals surface area contributed by atoms with E-state index in [1.54, 1.807) is 25.2 Å². The summed E-state index contributed by atoms with van der Waals surface area (Å²) in [5.74, 6) is -0.520. The molecule has 0 aliphatic carbocycles. The molecule has 0 radical (unpaired) electrons. The van der Waals surface area contributed by atoms with E-state index >= 15 is 0 Å². The van der Waals surface area contributed by atoms with Gasteiger partial charge in [0.2, 0.25) is 0 Å². The van der Waals surface area contributed by atoms with Crippen molar-refractivity contribution in [2.24, 2.45) is 12.8 Å². The molecule has 0 spiro atoms. The van der Waals surface area contributed by atoms with Crippen molar-refractivity contribution in [2.75, 3.05) is 5.32 Å². The summed E-state index contributed by atoms with van der Waals surface area (Å²) in [6.07, 6.45) is 0. The van der Waals surface area contributed by atoms with E-state index in [4.69, 9.17) is 10.8 Å². The first-order valence-electron chi connectivity index (χ1n) is 5.41. The van der Waals surface area contributed by atoms with Gasteiger partial charge in [-0.05, 0) is 12.1 Å². The third-order valence-electron chi connectivity index (χ3n) is 2.56. The van der Waals surface area contributed by atoms with Crippen molar-refractivity contribution in [2.45, 2.75) is 0 Å². The lowest BCUT2D eigenvalue weighted by molar-refractivity contribution is 0.0697. The van der Waals surface area contributed by atoms with E-state index in [0.29, 0.717) is 11.5 Å². The Morgan fingerprint density at radius 1 is 1.32 bits per heavy atom. The summed E-state index contributed by atoms with van der Waals surface area (Å²) in [5, 5.41) is 15.5. The van der Waals surface area contributed by atoms with Gasteiger partial charge in [0.05, 0.1) is 11.3 Å². The van der Waals surface area contributed by atoms with Crippen molar-refractivity contribution in [3.05, 3.63) is 35.9 Å². The Hall–Kier alpha value is -2.83. The van der Waals surface area contributed by atoms with Crippen molar-refractivity contribution >= 4 is 17.8 Å². The minimum atomic E-state index is -0.983. The molecule has 98 valence electrons. The number of aromatic nitrogens is 2. The molecule has 7 heteroatoms. The highest BCUT2D eigenvalue weighted by Gasteiger charge is 2.09. The fraction of sp³-hybridized carbons (Fsp3) is 0.0833. The van der Waals surface area contributed by atoms with E-state index in [1.165, 1.54) is 16.8 Å². The van der Waals surface area contributed by atoms with Crippen LogP contribution in [0.3, 0.4) is 0 Å². The molecule has 2 rings (SSSR count). The number of amides is 2. The predicted molar refractivity (Wildman–Crippen MR) is 68.8 cm³/mol. The molecule has 2 aromatic rings. The number of carboxylic acid groups (broad SMARTS) is 1. The molecule has 0 aliphatic heterocycles. The first-order chi connectivity index (χ1) is 8.97. The monoisotopic (exact) mass is 260 g/mol. The number of carbonyl (C=O) groups is 2. The maximum Gasteiger partial charge on any atom is 0.335 e. The van der Waals surface area contributed by atoms with Gasteiger partial charge in [0.25, 0.3) is 0 Å². The number of hydrogen-bond donors (Lipinski definition) is 3. The molecule has 0 fully saturated rings. The van der Waals surface area contributed by atoms with Crippen molar-refractivity contribution in [3.8, 4) is 11.3 Å². The fourth-order valence-corrected chi connectivity index (χ4v) is 1.64. The Kier molecular flexibility index (Phi) is 3.19. The van der Waals surface area contributed by atoms with Crippen LogP contribution in [-0.2, 0) is 7.05 Å². The summed E-state index contributed by atoms with van der Waals surface area (Å²) in [5.41, 5.74) is 6.60. The smallest absolute Gasteiger partial charge is 0.335 e. The average molecular weight is 260 g/mol. The number of hydrogen-bond acceptors (Lipinski definition) is 3. The molecule has 4 N–H and O–H groups in total. The number of carboxylic acids is 1. The van der Waals surface area contributed by atoms with E-state index in [-0.39, 0.29) is 5.56 Å². The summed E-state index contributed by atoms with van der Waals surface area (Å²) in [4.78, 5) is 21.5. The normalized spacial score (nSPS) is 10.2. The SMILES string of the molecule is Cn1nc(-c2ccc(C(=O)O)cc2)cc1NC(N)=O. The van der Waals surface area contributed by atoms with Gasteiger partial charge in [-0.25, -0.2) is 9.59 Å². The molecule has 0 atom stereocenters. The maximum atomic E-state index is 10.8. The lowest BCUT2D eigenvalue weighted by Gasteiger charge is -1.99. The summed E-state index contributed by atoms with van der Waals surface area (Å²) in [7, 11) is 1.67. The van der Waals surface area contributed by atoms with Crippen molar-refractivity contribution in [3.63, 3.8) is 0 Å². The molecule has 1 aromatic carbocycles. The molecule has 0 bridgehead atoms. The van der Waals surface area contributed by atoms with Crippen LogP contribution in [0.15, 0.2) is 30.3 Å². The Morgan fingerprint density at radius 2 is 1.95 bits per heavy atom. The molecule has 0 aliphatic rings. The highest BCUT2D eigenvalue weighted by atomic mass is 16.4. The van der Waals surface area contributed by atoms with Crippen LogP contribution >= 0.6 is 0 Å². The number of benzene rings is 1. The van der Waals surface area contributed by atoms with Crippen LogP contribution in [-0.4, -0.2) is 26.9 Å². The number of primary amides is 1. The molecule has 1 aromatic heterocycles. The van der Waals surface area contributed by atoms with Gasteiger partial charge in [-0.15, -0.1) is 0 Å². The van der Waals surface area contributed by atoms with Gasteiger partial charge in [0.15, 0.2) is 0 Å². The molecule has 2 amide bonds. The highest BCUT2D eigenvalue weighted by Crippen LogP contribution is 2.21. The van der Waals surface area contributed by atoms with Crippen molar-refractivity contribution < 1.29 is 14.7 Å². The first-order valence-corrected chi connectivity index (χ1v) is 5.41. The number of urea groups is 1. The second kappa shape index (κ2) is 4.81. The standard InChI is InChI=1S/C12H12N4O3/c1-16-10(14-12(13)19)6-9(15-16)7-2-4-8(5-3-7)11(17)18/h2-6H,1H3,(H,17,18)(H3,13,14,19). The summed E-state index contributed by atoms with van der Waals surface area (Å²) < 4.78 is 1.48. The number of rotatable bonds is 3. The minimum Gasteiger partial charge on any atom is -0.478 e. The van der Waals surface area contributed by atoms with Gasteiger partial charge in [0, 0.05) is 18.7 Å². The van der Waals surface area contributed by atoms with Gasteiger partial charge in [-0.2, -0.15) is 5.10 Å². The number of nitrogens with one attached hydrogen (secondary N) is 1. The second-order valence-electron chi connectivity index (χ2n) is 3.91. The predicted octanol–water partition coefficient (Wildman–Crippen LogP) is 1.28. The molecule has 0 saturated carbocycles. The number of carbonyl (C=O) groups excluding carboxylic acids is 1. The Bertz CT molecular complexity index is 631. The van der Waals surface area contributed by atoms with Gasteiger partial charge in [-0.1, -0.05) is 12.1 Å².